The SMILES string of the molecule is Clc1ccc2c(c1C1CCCCN1)OCCO2. The van der Waals surface area contributed by atoms with Gasteiger partial charge in [-0.3, -0.25) is 0 Å². The van der Waals surface area contributed by atoms with Gasteiger partial charge in [0.1, 0.15) is 13.2 Å². The van der Waals surface area contributed by atoms with Crippen molar-refractivity contribution in [3.8, 4) is 11.5 Å². The Morgan fingerprint density at radius 1 is 1.18 bits per heavy atom. The second-order valence-electron chi connectivity index (χ2n) is 4.49. The molecule has 17 heavy (non-hydrogen) atoms. The third-order valence-corrected chi connectivity index (χ3v) is 3.68. The molecule has 0 saturated carbocycles. The van der Waals surface area contributed by atoms with Crippen LogP contribution in [0.2, 0.25) is 5.02 Å². The van der Waals surface area contributed by atoms with Gasteiger partial charge >= 0.3 is 0 Å². The number of hydrogen-bond acceptors (Lipinski definition) is 3. The predicted molar refractivity (Wildman–Crippen MR) is 67.0 cm³/mol. The van der Waals surface area contributed by atoms with Gasteiger partial charge in [0.25, 0.3) is 0 Å². The number of ether oxygens (including phenoxy) is 2. The van der Waals surface area contributed by atoms with E-state index < -0.39 is 0 Å². The maximum absolute atomic E-state index is 6.32. The average molecular weight is 254 g/mol. The molecule has 0 aromatic heterocycles. The largest absolute Gasteiger partial charge is 0.486 e. The van der Waals surface area contributed by atoms with Crippen LogP contribution in [0, 0.1) is 0 Å². The van der Waals surface area contributed by atoms with Crippen molar-refractivity contribution >= 4 is 11.6 Å². The lowest BCUT2D eigenvalue weighted by molar-refractivity contribution is 0.168. The summed E-state index contributed by atoms with van der Waals surface area (Å²) in [6, 6.07) is 4.09. The molecule has 1 N–H and O–H groups in total. The van der Waals surface area contributed by atoms with Crippen molar-refractivity contribution in [1.29, 1.82) is 0 Å². The molecule has 0 bridgehead atoms. The highest BCUT2D eigenvalue weighted by Crippen LogP contribution is 2.43. The standard InChI is InChI=1S/C13H16ClNO2/c14-9-4-5-11-13(17-8-7-16-11)12(9)10-3-1-2-6-15-10/h4-5,10,15H,1-3,6-8H2. The van der Waals surface area contributed by atoms with E-state index in [0.717, 1.165) is 35.1 Å². The van der Waals surface area contributed by atoms with Crippen molar-refractivity contribution in [2.24, 2.45) is 0 Å². The number of fused-ring (bicyclic) bond motifs is 1. The van der Waals surface area contributed by atoms with Crippen LogP contribution in [0.5, 0.6) is 11.5 Å². The third kappa shape index (κ3) is 2.09. The molecule has 1 saturated heterocycles. The molecule has 92 valence electrons. The molecule has 0 amide bonds. The maximum Gasteiger partial charge on any atom is 0.167 e. The third-order valence-electron chi connectivity index (χ3n) is 3.35. The number of benzene rings is 1. The minimum absolute atomic E-state index is 0.299. The van der Waals surface area contributed by atoms with Crippen LogP contribution in [-0.2, 0) is 0 Å². The Hall–Kier alpha value is -0.930. The van der Waals surface area contributed by atoms with Gasteiger partial charge in [-0.05, 0) is 31.5 Å². The van der Waals surface area contributed by atoms with Gasteiger partial charge in [-0.15, -0.1) is 0 Å². The Bertz CT molecular complexity index is 416. The summed E-state index contributed by atoms with van der Waals surface area (Å²) in [6.07, 6.45) is 3.58. The topological polar surface area (TPSA) is 30.5 Å². The van der Waals surface area contributed by atoms with E-state index in [1.807, 2.05) is 12.1 Å². The highest BCUT2D eigenvalue weighted by Gasteiger charge is 2.26. The molecule has 3 nitrogen and oxygen atoms in total. The first-order valence-corrected chi connectivity index (χ1v) is 6.55. The molecule has 1 aromatic rings. The zero-order chi connectivity index (χ0) is 11.7. The Morgan fingerprint density at radius 2 is 2.06 bits per heavy atom. The first-order chi connectivity index (χ1) is 8.36. The lowest BCUT2D eigenvalue weighted by Gasteiger charge is -2.29. The zero-order valence-corrected chi connectivity index (χ0v) is 10.4. The molecular weight excluding hydrogens is 238 g/mol. The first kappa shape index (κ1) is 11.2. The number of halogens is 1. The monoisotopic (exact) mass is 253 g/mol. The van der Waals surface area contributed by atoms with Crippen LogP contribution in [-0.4, -0.2) is 19.8 Å². The summed E-state index contributed by atoms with van der Waals surface area (Å²) >= 11 is 6.32. The smallest absolute Gasteiger partial charge is 0.167 e. The quantitative estimate of drug-likeness (QED) is 0.835. The van der Waals surface area contributed by atoms with Crippen LogP contribution in [0.3, 0.4) is 0 Å². The lowest BCUT2D eigenvalue weighted by Crippen LogP contribution is -2.28. The summed E-state index contributed by atoms with van der Waals surface area (Å²) in [6.45, 7) is 2.27. The fourth-order valence-corrected chi connectivity index (χ4v) is 2.82. The van der Waals surface area contributed by atoms with E-state index in [2.05, 4.69) is 5.32 Å². The van der Waals surface area contributed by atoms with Crippen LogP contribution in [0.15, 0.2) is 12.1 Å². The molecule has 1 fully saturated rings. The lowest BCUT2D eigenvalue weighted by atomic mass is 9.96. The van der Waals surface area contributed by atoms with Gasteiger partial charge in [0, 0.05) is 16.6 Å². The molecule has 2 aliphatic rings. The first-order valence-electron chi connectivity index (χ1n) is 6.17. The molecular formula is C13H16ClNO2. The van der Waals surface area contributed by atoms with Gasteiger partial charge < -0.3 is 14.8 Å². The maximum atomic E-state index is 6.32. The molecule has 1 aromatic carbocycles. The summed E-state index contributed by atoms with van der Waals surface area (Å²) in [5, 5.41) is 4.28. The van der Waals surface area contributed by atoms with Crippen molar-refractivity contribution in [2.75, 3.05) is 19.8 Å². The molecule has 3 rings (SSSR count). The molecule has 0 spiro atoms. The van der Waals surface area contributed by atoms with Gasteiger partial charge in [0.05, 0.1) is 0 Å². The molecule has 4 heteroatoms. The van der Waals surface area contributed by atoms with Gasteiger partial charge in [-0.25, -0.2) is 0 Å². The fourth-order valence-electron chi connectivity index (χ4n) is 2.54. The normalized spacial score (nSPS) is 23.5. The summed E-state index contributed by atoms with van der Waals surface area (Å²) in [5.74, 6) is 1.66. The van der Waals surface area contributed by atoms with E-state index in [0.29, 0.717) is 19.3 Å². The van der Waals surface area contributed by atoms with Gasteiger partial charge in [-0.1, -0.05) is 18.0 Å². The van der Waals surface area contributed by atoms with Crippen LogP contribution in [0.4, 0.5) is 0 Å². The Labute approximate surface area is 106 Å². The molecule has 1 atom stereocenters. The second-order valence-corrected chi connectivity index (χ2v) is 4.89. The van der Waals surface area contributed by atoms with Gasteiger partial charge in [0.2, 0.25) is 0 Å². The minimum atomic E-state index is 0.299. The summed E-state index contributed by atoms with van der Waals surface area (Å²) < 4.78 is 11.3. The van der Waals surface area contributed by atoms with E-state index >= 15 is 0 Å². The second kappa shape index (κ2) is 4.75. The van der Waals surface area contributed by atoms with E-state index in [4.69, 9.17) is 21.1 Å². The number of piperidine rings is 1. The predicted octanol–water partition coefficient (Wildman–Crippen LogP) is 2.93. The molecule has 1 unspecified atom stereocenters. The summed E-state index contributed by atoms with van der Waals surface area (Å²) in [7, 11) is 0. The van der Waals surface area contributed by atoms with Crippen molar-refractivity contribution < 1.29 is 9.47 Å². The minimum Gasteiger partial charge on any atom is -0.486 e. The summed E-state index contributed by atoms with van der Waals surface area (Å²) in [5.41, 5.74) is 1.07. The fraction of sp³-hybridized carbons (Fsp3) is 0.538. The number of rotatable bonds is 1. The Balaban J connectivity index is 2.01. The van der Waals surface area contributed by atoms with Crippen LogP contribution < -0.4 is 14.8 Å². The molecule has 2 aliphatic heterocycles. The van der Waals surface area contributed by atoms with E-state index in [1.165, 1.54) is 12.8 Å². The highest BCUT2D eigenvalue weighted by atomic mass is 35.5. The van der Waals surface area contributed by atoms with E-state index in [9.17, 15) is 0 Å². The average Bonchev–Trinajstić information content (AvgIpc) is 2.39. The molecule has 0 radical (unpaired) electrons. The molecule has 2 heterocycles. The number of nitrogens with one attached hydrogen (secondary N) is 1. The van der Waals surface area contributed by atoms with Gasteiger partial charge in [0.15, 0.2) is 11.5 Å². The van der Waals surface area contributed by atoms with Crippen molar-refractivity contribution in [3.05, 3.63) is 22.7 Å². The Morgan fingerprint density at radius 3 is 2.88 bits per heavy atom. The van der Waals surface area contributed by atoms with Crippen molar-refractivity contribution in [1.82, 2.24) is 5.32 Å². The van der Waals surface area contributed by atoms with Crippen LogP contribution >= 0.6 is 11.6 Å². The van der Waals surface area contributed by atoms with Crippen LogP contribution in [0.25, 0.3) is 0 Å². The number of hydrogen-bond donors (Lipinski definition) is 1. The molecule has 0 aliphatic carbocycles. The van der Waals surface area contributed by atoms with Crippen LogP contribution in [0.1, 0.15) is 30.9 Å². The Kier molecular flexibility index (Phi) is 3.12. The van der Waals surface area contributed by atoms with E-state index in [1.54, 1.807) is 0 Å². The van der Waals surface area contributed by atoms with Crippen molar-refractivity contribution in [3.63, 3.8) is 0 Å². The van der Waals surface area contributed by atoms with Gasteiger partial charge in [-0.2, -0.15) is 0 Å². The highest BCUT2D eigenvalue weighted by molar-refractivity contribution is 6.31. The zero-order valence-electron chi connectivity index (χ0n) is 9.67. The van der Waals surface area contributed by atoms with Crippen molar-refractivity contribution in [2.45, 2.75) is 25.3 Å². The van der Waals surface area contributed by atoms with E-state index in [-0.39, 0.29) is 0 Å². The summed E-state index contributed by atoms with van der Waals surface area (Å²) in [4.78, 5) is 0.